The standard InChI is InChI=1S/C6H9N3O2/c7-3-5-1-2-9(4-8-5)6(10)11/h1,4H,2-3,7H2,(H,10,11). The lowest BCUT2D eigenvalue weighted by Crippen LogP contribution is -2.30. The maximum absolute atomic E-state index is 10.3. The van der Waals surface area contributed by atoms with Gasteiger partial charge in [-0.2, -0.15) is 0 Å². The van der Waals surface area contributed by atoms with Crippen LogP contribution in [0.25, 0.3) is 0 Å². The predicted molar refractivity (Wildman–Crippen MR) is 40.4 cm³/mol. The largest absolute Gasteiger partial charge is 0.465 e. The van der Waals surface area contributed by atoms with Gasteiger partial charge in [0.15, 0.2) is 0 Å². The molecule has 0 aromatic rings. The van der Waals surface area contributed by atoms with Crippen LogP contribution in [-0.4, -0.2) is 35.5 Å². The molecule has 0 aromatic carbocycles. The zero-order valence-corrected chi connectivity index (χ0v) is 5.90. The Hall–Kier alpha value is -1.36. The minimum absolute atomic E-state index is 0.339. The van der Waals surface area contributed by atoms with Crippen molar-refractivity contribution in [3.8, 4) is 0 Å². The van der Waals surface area contributed by atoms with Gasteiger partial charge in [0, 0.05) is 6.54 Å². The third-order valence-electron chi connectivity index (χ3n) is 1.34. The Bertz CT molecular complexity index is 222. The molecule has 11 heavy (non-hydrogen) atoms. The topological polar surface area (TPSA) is 78.9 Å². The molecule has 0 unspecified atom stereocenters. The van der Waals surface area contributed by atoms with Gasteiger partial charge in [-0.25, -0.2) is 9.79 Å². The van der Waals surface area contributed by atoms with Crippen LogP contribution >= 0.6 is 0 Å². The second-order valence-electron chi connectivity index (χ2n) is 2.08. The van der Waals surface area contributed by atoms with E-state index in [9.17, 15) is 4.79 Å². The van der Waals surface area contributed by atoms with Crippen LogP contribution in [0.15, 0.2) is 16.8 Å². The Labute approximate surface area is 63.8 Å². The van der Waals surface area contributed by atoms with E-state index in [0.29, 0.717) is 13.1 Å². The number of aliphatic imine (C=N–C) groups is 1. The van der Waals surface area contributed by atoms with Gasteiger partial charge < -0.3 is 10.8 Å². The number of hydrogen-bond acceptors (Lipinski definition) is 3. The highest BCUT2D eigenvalue weighted by molar-refractivity contribution is 5.82. The lowest BCUT2D eigenvalue weighted by molar-refractivity contribution is 0.173. The quantitative estimate of drug-likeness (QED) is 0.552. The molecule has 0 saturated heterocycles. The van der Waals surface area contributed by atoms with Crippen LogP contribution in [0.2, 0.25) is 0 Å². The summed E-state index contributed by atoms with van der Waals surface area (Å²) in [6.45, 7) is 0.690. The molecular formula is C6H9N3O2. The van der Waals surface area contributed by atoms with Crippen LogP contribution in [0.5, 0.6) is 0 Å². The highest BCUT2D eigenvalue weighted by Gasteiger charge is 2.10. The smallest absolute Gasteiger partial charge is 0.412 e. The molecule has 1 aliphatic rings. The van der Waals surface area contributed by atoms with Crippen molar-refractivity contribution in [2.45, 2.75) is 0 Å². The van der Waals surface area contributed by atoms with Gasteiger partial charge in [0.05, 0.1) is 12.2 Å². The van der Waals surface area contributed by atoms with Crippen LogP contribution in [0, 0.1) is 0 Å². The number of nitrogens with two attached hydrogens (primary N) is 1. The monoisotopic (exact) mass is 155 g/mol. The molecule has 3 N–H and O–H groups in total. The average Bonchev–Trinajstić information content (AvgIpc) is 2.05. The highest BCUT2D eigenvalue weighted by Crippen LogP contribution is 2.01. The van der Waals surface area contributed by atoms with Crippen LogP contribution in [0.3, 0.4) is 0 Å². The van der Waals surface area contributed by atoms with Crippen LogP contribution in [-0.2, 0) is 0 Å². The van der Waals surface area contributed by atoms with Gasteiger partial charge in [-0.3, -0.25) is 4.90 Å². The summed E-state index contributed by atoms with van der Waals surface area (Å²) in [4.78, 5) is 15.2. The fourth-order valence-electron chi connectivity index (χ4n) is 0.711. The fourth-order valence-corrected chi connectivity index (χ4v) is 0.711. The molecule has 1 rings (SSSR count). The molecule has 0 aliphatic carbocycles. The fraction of sp³-hybridized carbons (Fsp3) is 0.333. The first-order chi connectivity index (χ1) is 5.24. The van der Waals surface area contributed by atoms with E-state index < -0.39 is 6.09 Å². The van der Waals surface area contributed by atoms with E-state index in [4.69, 9.17) is 10.8 Å². The van der Waals surface area contributed by atoms with Crippen molar-refractivity contribution < 1.29 is 9.90 Å². The molecule has 5 nitrogen and oxygen atoms in total. The predicted octanol–water partition coefficient (Wildman–Crippen LogP) is -0.149. The third kappa shape index (κ3) is 1.78. The van der Waals surface area contributed by atoms with Crippen molar-refractivity contribution in [3.05, 3.63) is 11.8 Å². The van der Waals surface area contributed by atoms with Crippen molar-refractivity contribution in [2.75, 3.05) is 13.1 Å². The van der Waals surface area contributed by atoms with Crippen LogP contribution in [0.1, 0.15) is 0 Å². The van der Waals surface area contributed by atoms with E-state index in [2.05, 4.69) is 4.99 Å². The molecular weight excluding hydrogens is 146 g/mol. The summed E-state index contributed by atoms with van der Waals surface area (Å²) in [6, 6.07) is 0. The van der Waals surface area contributed by atoms with E-state index in [-0.39, 0.29) is 0 Å². The molecule has 0 radical (unpaired) electrons. The Morgan fingerprint density at radius 1 is 1.91 bits per heavy atom. The van der Waals surface area contributed by atoms with Crippen molar-refractivity contribution in [1.82, 2.24) is 4.90 Å². The average molecular weight is 155 g/mol. The van der Waals surface area contributed by atoms with Crippen LogP contribution < -0.4 is 5.73 Å². The molecule has 0 bridgehead atoms. The van der Waals surface area contributed by atoms with Gasteiger partial charge in [-0.15, -0.1) is 0 Å². The summed E-state index contributed by atoms with van der Waals surface area (Å²) in [6.07, 6.45) is 1.96. The molecule has 0 fully saturated rings. The lowest BCUT2D eigenvalue weighted by atomic mass is 10.3. The Balaban J connectivity index is 2.57. The Morgan fingerprint density at radius 2 is 2.64 bits per heavy atom. The first-order valence-corrected chi connectivity index (χ1v) is 3.17. The first-order valence-electron chi connectivity index (χ1n) is 3.17. The number of nitrogens with zero attached hydrogens (tertiary/aromatic N) is 2. The van der Waals surface area contributed by atoms with Crippen molar-refractivity contribution in [2.24, 2.45) is 10.7 Å². The minimum atomic E-state index is -0.999. The second-order valence-corrected chi connectivity index (χ2v) is 2.08. The summed E-state index contributed by atoms with van der Waals surface area (Å²) in [7, 11) is 0. The summed E-state index contributed by atoms with van der Waals surface area (Å²) in [5.74, 6) is 0. The minimum Gasteiger partial charge on any atom is -0.465 e. The highest BCUT2D eigenvalue weighted by atomic mass is 16.4. The Morgan fingerprint density at radius 3 is 3.00 bits per heavy atom. The molecule has 0 atom stereocenters. The maximum atomic E-state index is 10.3. The molecule has 1 heterocycles. The van der Waals surface area contributed by atoms with Crippen molar-refractivity contribution >= 4 is 12.4 Å². The number of hydrogen-bond donors (Lipinski definition) is 2. The zero-order chi connectivity index (χ0) is 8.27. The normalized spacial score (nSPS) is 16.5. The van der Waals surface area contributed by atoms with Gasteiger partial charge in [0.1, 0.15) is 6.34 Å². The molecule has 1 aliphatic heterocycles. The molecule has 0 spiro atoms. The van der Waals surface area contributed by atoms with Crippen LogP contribution in [0.4, 0.5) is 4.79 Å². The number of rotatable bonds is 1. The first kappa shape index (κ1) is 7.74. The number of carboxylic acid groups (broad SMARTS) is 1. The van der Waals surface area contributed by atoms with Gasteiger partial charge in [-0.05, 0) is 6.08 Å². The summed E-state index contributed by atoms with van der Waals surface area (Å²) in [5.41, 5.74) is 6.00. The SMILES string of the molecule is NCC1=CCN(C(=O)O)C=N1. The number of carbonyl (C=O) groups is 1. The van der Waals surface area contributed by atoms with E-state index in [1.165, 1.54) is 6.34 Å². The number of amides is 1. The molecule has 5 heteroatoms. The summed E-state index contributed by atoms with van der Waals surface area (Å²) in [5, 5.41) is 8.47. The second kappa shape index (κ2) is 3.16. The van der Waals surface area contributed by atoms with Gasteiger partial charge >= 0.3 is 6.09 Å². The molecule has 0 saturated carbocycles. The van der Waals surface area contributed by atoms with E-state index in [0.717, 1.165) is 10.6 Å². The lowest BCUT2D eigenvalue weighted by Gasteiger charge is -2.15. The van der Waals surface area contributed by atoms with Gasteiger partial charge in [0.2, 0.25) is 0 Å². The molecule has 0 aromatic heterocycles. The van der Waals surface area contributed by atoms with Gasteiger partial charge in [0.25, 0.3) is 0 Å². The summed E-state index contributed by atoms with van der Waals surface area (Å²) < 4.78 is 0. The summed E-state index contributed by atoms with van der Waals surface area (Å²) >= 11 is 0. The van der Waals surface area contributed by atoms with Gasteiger partial charge in [-0.1, -0.05) is 0 Å². The Kier molecular flexibility index (Phi) is 2.22. The zero-order valence-electron chi connectivity index (χ0n) is 5.90. The molecule has 60 valence electrons. The van der Waals surface area contributed by atoms with E-state index >= 15 is 0 Å². The van der Waals surface area contributed by atoms with Crippen molar-refractivity contribution in [3.63, 3.8) is 0 Å². The van der Waals surface area contributed by atoms with E-state index in [1.807, 2.05) is 0 Å². The maximum Gasteiger partial charge on any atom is 0.412 e. The van der Waals surface area contributed by atoms with E-state index in [1.54, 1.807) is 6.08 Å². The third-order valence-corrected chi connectivity index (χ3v) is 1.34. The molecule has 1 amide bonds. The van der Waals surface area contributed by atoms with Crippen molar-refractivity contribution in [1.29, 1.82) is 0 Å².